The van der Waals surface area contributed by atoms with Crippen LogP contribution in [0.15, 0.2) is 66.7 Å². The van der Waals surface area contributed by atoms with Crippen LogP contribution in [-0.2, 0) is 0 Å². The van der Waals surface area contributed by atoms with Crippen LogP contribution < -0.4 is 19.9 Å². The molecule has 0 saturated carbocycles. The molecule has 4 aromatic rings. The van der Waals surface area contributed by atoms with Gasteiger partial charge in [-0.3, -0.25) is 10.2 Å². The number of aromatic carboxylic acids is 1. The fourth-order valence-corrected chi connectivity index (χ4v) is 3.45. The lowest BCUT2D eigenvalue weighted by molar-refractivity contribution is 0.0696. The van der Waals surface area contributed by atoms with Gasteiger partial charge < -0.3 is 35.1 Å². The highest BCUT2D eigenvalue weighted by atomic mass is 19.1. The summed E-state index contributed by atoms with van der Waals surface area (Å²) in [5.74, 6) is -8.83. The molecule has 0 unspecified atom stereocenters. The van der Waals surface area contributed by atoms with Gasteiger partial charge >= 0.3 is 5.97 Å². The minimum Gasteiger partial charge on any atom is -0.504 e. The fraction of sp³-hybridized carbons (Fsp3) is 0.0714. The zero-order valence-corrected chi connectivity index (χ0v) is 21.5. The first-order valence-electron chi connectivity index (χ1n) is 11.7. The zero-order chi connectivity index (χ0) is 29.8. The maximum atomic E-state index is 15.6. The van der Waals surface area contributed by atoms with Crippen molar-refractivity contribution in [1.29, 1.82) is 5.41 Å². The third-order valence-electron chi connectivity index (χ3n) is 5.46. The summed E-state index contributed by atoms with van der Waals surface area (Å²) >= 11 is 0. The first-order chi connectivity index (χ1) is 19.4. The van der Waals surface area contributed by atoms with Gasteiger partial charge in [-0.25, -0.2) is 4.79 Å². The predicted molar refractivity (Wildman–Crippen MR) is 141 cm³/mol. The van der Waals surface area contributed by atoms with Crippen molar-refractivity contribution in [3.05, 3.63) is 95.1 Å². The predicted octanol–water partition coefficient (Wildman–Crippen LogP) is 5.13. The number of amides is 1. The number of phenols is 1. The number of carboxylic acids is 1. The maximum Gasteiger partial charge on any atom is 0.335 e. The number of nitrogens with zero attached hydrogens (tertiary/aromatic N) is 2. The van der Waals surface area contributed by atoms with E-state index in [1.54, 1.807) is 14.1 Å². The highest BCUT2D eigenvalue weighted by Crippen LogP contribution is 2.41. The average molecular weight is 565 g/mol. The quantitative estimate of drug-likeness (QED) is 0.159. The molecule has 0 aliphatic rings. The summed E-state index contributed by atoms with van der Waals surface area (Å²) in [4.78, 5) is 28.8. The van der Waals surface area contributed by atoms with Crippen LogP contribution in [0.1, 0.15) is 26.3 Å². The van der Waals surface area contributed by atoms with Gasteiger partial charge in [-0.1, -0.05) is 12.1 Å². The average Bonchev–Trinajstić information content (AvgIpc) is 2.94. The molecule has 1 heterocycles. The molecule has 1 amide bonds. The molecule has 0 radical (unpaired) electrons. The number of amidine groups is 1. The van der Waals surface area contributed by atoms with E-state index in [1.165, 1.54) is 53.4 Å². The Kier molecular flexibility index (Phi) is 7.99. The first kappa shape index (κ1) is 28.3. The number of phenolic OH excluding ortho intramolecular Hbond substituents is 1. The minimum atomic E-state index is -1.46. The van der Waals surface area contributed by atoms with Crippen LogP contribution in [0.2, 0.25) is 0 Å². The third kappa shape index (κ3) is 6.30. The Labute approximate surface area is 231 Å². The number of aromatic hydroxyl groups is 1. The van der Waals surface area contributed by atoms with Gasteiger partial charge in [0.1, 0.15) is 17.3 Å². The van der Waals surface area contributed by atoms with Crippen molar-refractivity contribution in [2.45, 2.75) is 0 Å². The molecular formula is C28H22F2N4O7. The number of carbonyl (C=O) groups excluding carboxylic acids is 1. The number of nitrogen functional groups attached to an aromatic ring is 1. The van der Waals surface area contributed by atoms with Gasteiger partial charge in [0, 0.05) is 25.2 Å². The molecule has 5 N–H and O–H groups in total. The fourth-order valence-electron chi connectivity index (χ4n) is 3.45. The number of carbonyl (C=O) groups is 2. The second-order valence-electron chi connectivity index (χ2n) is 8.64. The number of pyridine rings is 1. The Morgan fingerprint density at radius 1 is 0.854 bits per heavy atom. The Balaban J connectivity index is 1.82. The second-order valence-corrected chi connectivity index (χ2v) is 8.64. The summed E-state index contributed by atoms with van der Waals surface area (Å²) < 4.78 is 47.6. The van der Waals surface area contributed by atoms with E-state index >= 15 is 8.78 Å². The molecule has 4 rings (SSSR count). The van der Waals surface area contributed by atoms with Crippen molar-refractivity contribution in [3.8, 4) is 40.5 Å². The van der Waals surface area contributed by atoms with Crippen LogP contribution >= 0.6 is 0 Å². The van der Waals surface area contributed by atoms with Crippen LogP contribution in [0.5, 0.6) is 40.5 Å². The number of benzene rings is 3. The second kappa shape index (κ2) is 11.6. The van der Waals surface area contributed by atoms with E-state index in [0.29, 0.717) is 0 Å². The molecule has 0 spiro atoms. The number of ether oxygens (including phenoxy) is 3. The Morgan fingerprint density at radius 3 is 2.05 bits per heavy atom. The van der Waals surface area contributed by atoms with Gasteiger partial charge in [-0.05, 0) is 54.6 Å². The molecular weight excluding hydrogens is 542 g/mol. The molecule has 3 aromatic carbocycles. The number of nitrogens with two attached hydrogens (primary N) is 1. The number of carboxylic acid groups (broad SMARTS) is 1. The van der Waals surface area contributed by atoms with Crippen molar-refractivity contribution >= 4 is 17.7 Å². The van der Waals surface area contributed by atoms with Crippen LogP contribution in [0.3, 0.4) is 0 Å². The third-order valence-corrected chi connectivity index (χ3v) is 5.46. The number of aromatic nitrogens is 1. The Hall–Kier alpha value is -5.72. The van der Waals surface area contributed by atoms with E-state index < -0.39 is 40.9 Å². The van der Waals surface area contributed by atoms with Gasteiger partial charge in [0.2, 0.25) is 17.4 Å². The van der Waals surface area contributed by atoms with E-state index in [4.69, 9.17) is 25.4 Å². The molecule has 1 aromatic heterocycles. The number of hydrogen-bond donors (Lipinski definition) is 4. The minimum absolute atomic E-state index is 0.0399. The summed E-state index contributed by atoms with van der Waals surface area (Å²) in [6.45, 7) is 0. The van der Waals surface area contributed by atoms with E-state index in [2.05, 4.69) is 4.98 Å². The largest absolute Gasteiger partial charge is 0.504 e. The highest BCUT2D eigenvalue weighted by molar-refractivity contribution is 5.95. The van der Waals surface area contributed by atoms with E-state index in [1.807, 2.05) is 0 Å². The van der Waals surface area contributed by atoms with Gasteiger partial charge in [0.25, 0.3) is 17.7 Å². The molecule has 13 heteroatoms. The van der Waals surface area contributed by atoms with Gasteiger partial charge in [0.15, 0.2) is 11.5 Å². The molecule has 41 heavy (non-hydrogen) atoms. The molecule has 0 bridgehead atoms. The lowest BCUT2D eigenvalue weighted by atomic mass is 10.2. The lowest BCUT2D eigenvalue weighted by Crippen LogP contribution is -2.21. The molecule has 210 valence electrons. The Morgan fingerprint density at radius 2 is 1.44 bits per heavy atom. The van der Waals surface area contributed by atoms with Crippen LogP contribution in [0.4, 0.5) is 8.78 Å². The Bertz CT molecular complexity index is 1680. The first-order valence-corrected chi connectivity index (χ1v) is 11.7. The maximum absolute atomic E-state index is 15.6. The monoisotopic (exact) mass is 564 g/mol. The molecule has 0 aliphatic heterocycles. The molecule has 0 atom stereocenters. The summed E-state index contributed by atoms with van der Waals surface area (Å²) in [6.07, 6.45) is 0. The van der Waals surface area contributed by atoms with Crippen molar-refractivity contribution in [2.24, 2.45) is 5.73 Å². The zero-order valence-electron chi connectivity index (χ0n) is 21.5. The van der Waals surface area contributed by atoms with Gasteiger partial charge in [-0.15, -0.1) is 0 Å². The molecule has 0 aliphatic carbocycles. The number of hydrogen-bond acceptors (Lipinski definition) is 8. The molecule has 0 fully saturated rings. The van der Waals surface area contributed by atoms with Crippen LogP contribution in [0.25, 0.3) is 0 Å². The summed E-state index contributed by atoms with van der Waals surface area (Å²) in [5, 5.41) is 27.1. The van der Waals surface area contributed by atoms with Gasteiger partial charge in [0.05, 0.1) is 5.56 Å². The van der Waals surface area contributed by atoms with Crippen molar-refractivity contribution < 1.29 is 42.8 Å². The topological polar surface area (TPSA) is 168 Å². The summed E-state index contributed by atoms with van der Waals surface area (Å²) in [6, 6.07) is 14.2. The molecule has 11 nitrogen and oxygen atoms in total. The van der Waals surface area contributed by atoms with Crippen molar-refractivity contribution in [2.75, 3.05) is 14.1 Å². The van der Waals surface area contributed by atoms with Crippen molar-refractivity contribution in [1.82, 2.24) is 9.88 Å². The number of halogens is 2. The van der Waals surface area contributed by atoms with Crippen LogP contribution in [-0.4, -0.2) is 51.9 Å². The summed E-state index contributed by atoms with van der Waals surface area (Å²) in [5.41, 5.74) is 5.60. The number of nitrogens with one attached hydrogen (secondary N) is 1. The smallest absolute Gasteiger partial charge is 0.335 e. The standard InChI is InChI=1S/C28H22F2N4O7/c1-34(2)27(36)15-5-3-8-18(11-15)40-25-21(29)23(39-17-7-4-6-16(12-17)28(37)38)22(30)26(33-25)41-20-13-14(24(31)32)9-10-19(20)35/h3-13,35H,1-2H3,(H3,31,32)(H,37,38). The molecule has 0 saturated heterocycles. The van der Waals surface area contributed by atoms with Crippen molar-refractivity contribution in [3.63, 3.8) is 0 Å². The summed E-state index contributed by atoms with van der Waals surface area (Å²) in [7, 11) is 3.08. The van der Waals surface area contributed by atoms with E-state index in [9.17, 15) is 19.8 Å². The van der Waals surface area contributed by atoms with E-state index in [0.717, 1.165) is 18.2 Å². The highest BCUT2D eigenvalue weighted by Gasteiger charge is 2.27. The van der Waals surface area contributed by atoms with Gasteiger partial charge in [-0.2, -0.15) is 13.8 Å². The van der Waals surface area contributed by atoms with E-state index in [-0.39, 0.29) is 45.7 Å². The van der Waals surface area contributed by atoms with Crippen LogP contribution in [0, 0.1) is 17.0 Å². The lowest BCUT2D eigenvalue weighted by Gasteiger charge is -2.16. The SMILES string of the molecule is CN(C)C(=O)c1cccc(Oc2nc(Oc3cc(C(=N)N)ccc3O)c(F)c(Oc3cccc(C(=O)O)c3)c2F)c1. The number of rotatable bonds is 9. The normalized spacial score (nSPS) is 10.5.